The number of nitro groups is 1. The van der Waals surface area contributed by atoms with E-state index in [0.717, 1.165) is 0 Å². The molecule has 1 aliphatic heterocycles. The van der Waals surface area contributed by atoms with Crippen LogP contribution in [-0.2, 0) is 4.74 Å². The first-order valence-electron chi connectivity index (χ1n) is 6.26. The number of amides is 1. The second-order valence-corrected chi connectivity index (χ2v) is 5.39. The van der Waals surface area contributed by atoms with Gasteiger partial charge in [-0.3, -0.25) is 14.9 Å². The number of ether oxygens (including phenoxy) is 1. The fourth-order valence-corrected chi connectivity index (χ4v) is 2.59. The van der Waals surface area contributed by atoms with E-state index in [2.05, 4.69) is 15.9 Å². The van der Waals surface area contributed by atoms with Crippen LogP contribution in [0.1, 0.15) is 17.3 Å². The van der Waals surface area contributed by atoms with Crippen LogP contribution in [0.25, 0.3) is 0 Å². The van der Waals surface area contributed by atoms with Crippen molar-refractivity contribution >= 4 is 27.5 Å². The topological polar surface area (TPSA) is 72.7 Å². The highest BCUT2D eigenvalue weighted by Crippen LogP contribution is 2.18. The zero-order chi connectivity index (χ0) is 14.7. The first kappa shape index (κ1) is 14.9. The molecule has 0 N–H and O–H groups in total. The van der Waals surface area contributed by atoms with Crippen LogP contribution in [0.3, 0.4) is 0 Å². The Morgan fingerprint density at radius 3 is 2.95 bits per heavy atom. The fraction of sp³-hybridized carbons (Fsp3) is 0.462. The van der Waals surface area contributed by atoms with Crippen LogP contribution in [0.2, 0.25) is 0 Å². The summed E-state index contributed by atoms with van der Waals surface area (Å²) < 4.78 is 5.66. The number of rotatable bonds is 3. The second kappa shape index (κ2) is 6.32. The van der Waals surface area contributed by atoms with Gasteiger partial charge in [-0.15, -0.1) is 0 Å². The molecule has 2 atom stereocenters. The van der Waals surface area contributed by atoms with Crippen molar-refractivity contribution in [2.45, 2.75) is 19.1 Å². The molecular weight excluding hydrogens is 328 g/mol. The molecule has 0 radical (unpaired) electrons. The number of nitrogens with zero attached hydrogens (tertiary/aromatic N) is 2. The average molecular weight is 343 g/mol. The molecule has 1 aromatic rings. The molecule has 108 valence electrons. The maximum Gasteiger partial charge on any atom is 0.270 e. The summed E-state index contributed by atoms with van der Waals surface area (Å²) in [7, 11) is 0. The molecule has 7 heteroatoms. The first-order valence-corrected chi connectivity index (χ1v) is 7.38. The number of nitro benzene ring substituents is 1. The van der Waals surface area contributed by atoms with Crippen molar-refractivity contribution in [3.63, 3.8) is 0 Å². The maximum absolute atomic E-state index is 12.4. The van der Waals surface area contributed by atoms with Gasteiger partial charge < -0.3 is 9.64 Å². The molecule has 0 saturated carbocycles. The molecule has 6 nitrogen and oxygen atoms in total. The second-order valence-electron chi connectivity index (χ2n) is 4.74. The summed E-state index contributed by atoms with van der Waals surface area (Å²) in [5.41, 5.74) is 0.260. The Bertz CT molecular complexity index is 523. The van der Waals surface area contributed by atoms with Gasteiger partial charge in [0.1, 0.15) is 0 Å². The minimum atomic E-state index is -0.500. The number of morpholine rings is 1. The van der Waals surface area contributed by atoms with E-state index >= 15 is 0 Å². The zero-order valence-electron chi connectivity index (χ0n) is 11.0. The Kier molecular flexibility index (Phi) is 4.72. The number of halogens is 1. The quantitative estimate of drug-likeness (QED) is 0.479. The van der Waals surface area contributed by atoms with Gasteiger partial charge in [0.15, 0.2) is 0 Å². The molecule has 1 heterocycles. The number of hydrogen-bond acceptors (Lipinski definition) is 4. The number of non-ortho nitro benzene ring substituents is 1. The van der Waals surface area contributed by atoms with Crippen LogP contribution < -0.4 is 0 Å². The van der Waals surface area contributed by atoms with Crippen LogP contribution >= 0.6 is 15.9 Å². The smallest absolute Gasteiger partial charge is 0.270 e. The largest absolute Gasteiger partial charge is 0.371 e. The molecule has 1 amide bonds. The molecule has 2 rings (SSSR count). The minimum absolute atomic E-state index is 0.0473. The lowest BCUT2D eigenvalue weighted by molar-refractivity contribution is -0.384. The standard InChI is InChI=1S/C13H15BrN2O4/c1-9-7-15(8-12(6-14)20-9)13(17)10-3-2-4-11(5-10)16(18)19/h2-5,9,12H,6-8H2,1H3. The Balaban J connectivity index is 2.18. The molecule has 0 aliphatic carbocycles. The molecule has 1 aromatic carbocycles. The summed E-state index contributed by atoms with van der Waals surface area (Å²) in [5.74, 6) is -0.199. The van der Waals surface area contributed by atoms with Crippen LogP contribution in [-0.4, -0.2) is 46.4 Å². The zero-order valence-corrected chi connectivity index (χ0v) is 12.6. The fourth-order valence-electron chi connectivity index (χ4n) is 2.23. The van der Waals surface area contributed by atoms with E-state index in [1.165, 1.54) is 18.2 Å². The van der Waals surface area contributed by atoms with Gasteiger partial charge in [-0.2, -0.15) is 0 Å². The number of alkyl halides is 1. The third-order valence-corrected chi connectivity index (χ3v) is 3.81. The number of benzene rings is 1. The normalized spacial score (nSPS) is 22.6. The molecule has 0 spiro atoms. The van der Waals surface area contributed by atoms with Gasteiger partial charge in [-0.25, -0.2) is 0 Å². The summed E-state index contributed by atoms with van der Waals surface area (Å²) in [6.45, 7) is 2.88. The van der Waals surface area contributed by atoms with E-state index in [-0.39, 0.29) is 23.8 Å². The highest BCUT2D eigenvalue weighted by atomic mass is 79.9. The van der Waals surface area contributed by atoms with E-state index in [1.54, 1.807) is 11.0 Å². The van der Waals surface area contributed by atoms with Gasteiger partial charge >= 0.3 is 0 Å². The van der Waals surface area contributed by atoms with Crippen molar-refractivity contribution in [3.05, 3.63) is 39.9 Å². The van der Waals surface area contributed by atoms with Crippen molar-refractivity contribution in [3.8, 4) is 0 Å². The molecule has 1 aliphatic rings. The van der Waals surface area contributed by atoms with Gasteiger partial charge in [0.05, 0.1) is 17.1 Å². The van der Waals surface area contributed by atoms with Crippen molar-refractivity contribution in [2.24, 2.45) is 0 Å². The number of carbonyl (C=O) groups excluding carboxylic acids is 1. The van der Waals surface area contributed by atoms with Crippen molar-refractivity contribution < 1.29 is 14.5 Å². The van der Waals surface area contributed by atoms with E-state index < -0.39 is 4.92 Å². The van der Waals surface area contributed by atoms with E-state index in [0.29, 0.717) is 24.0 Å². The molecular formula is C13H15BrN2O4. The lowest BCUT2D eigenvalue weighted by Gasteiger charge is -2.36. The highest BCUT2D eigenvalue weighted by Gasteiger charge is 2.28. The van der Waals surface area contributed by atoms with Gasteiger partial charge in [0, 0.05) is 36.1 Å². The minimum Gasteiger partial charge on any atom is -0.371 e. The Hall–Kier alpha value is -1.47. The Morgan fingerprint density at radius 2 is 2.30 bits per heavy atom. The van der Waals surface area contributed by atoms with Gasteiger partial charge in [-0.1, -0.05) is 22.0 Å². The van der Waals surface area contributed by atoms with Gasteiger partial charge in [0.2, 0.25) is 0 Å². The van der Waals surface area contributed by atoms with Crippen molar-refractivity contribution in [1.29, 1.82) is 0 Å². The van der Waals surface area contributed by atoms with Crippen molar-refractivity contribution in [2.75, 3.05) is 18.4 Å². The summed E-state index contributed by atoms with van der Waals surface area (Å²) in [5, 5.41) is 11.4. The van der Waals surface area contributed by atoms with Crippen molar-refractivity contribution in [1.82, 2.24) is 4.90 Å². The Morgan fingerprint density at radius 1 is 1.55 bits per heavy atom. The lowest BCUT2D eigenvalue weighted by atomic mass is 10.1. The van der Waals surface area contributed by atoms with Crippen LogP contribution in [0.5, 0.6) is 0 Å². The predicted molar refractivity (Wildman–Crippen MR) is 77.1 cm³/mol. The summed E-state index contributed by atoms with van der Waals surface area (Å²) in [6, 6.07) is 5.81. The van der Waals surface area contributed by atoms with Crippen LogP contribution in [0.15, 0.2) is 24.3 Å². The summed E-state index contributed by atoms with van der Waals surface area (Å²) >= 11 is 3.35. The molecule has 0 bridgehead atoms. The molecule has 1 saturated heterocycles. The molecule has 1 fully saturated rings. The van der Waals surface area contributed by atoms with E-state index in [9.17, 15) is 14.9 Å². The number of carbonyl (C=O) groups is 1. The third-order valence-electron chi connectivity index (χ3n) is 3.09. The number of hydrogen-bond donors (Lipinski definition) is 0. The van der Waals surface area contributed by atoms with Gasteiger partial charge in [0.25, 0.3) is 11.6 Å². The maximum atomic E-state index is 12.4. The lowest BCUT2D eigenvalue weighted by Crippen LogP contribution is -2.49. The molecule has 0 aromatic heterocycles. The average Bonchev–Trinajstić information content (AvgIpc) is 2.45. The SMILES string of the molecule is CC1CN(C(=O)c2cccc([N+](=O)[O-])c2)CC(CBr)O1. The predicted octanol–water partition coefficient (Wildman–Crippen LogP) is 2.22. The highest BCUT2D eigenvalue weighted by molar-refractivity contribution is 9.09. The summed E-state index contributed by atoms with van der Waals surface area (Å²) in [4.78, 5) is 24.4. The van der Waals surface area contributed by atoms with Gasteiger partial charge in [-0.05, 0) is 13.0 Å². The Labute approximate surface area is 125 Å². The van der Waals surface area contributed by atoms with E-state index in [1.807, 2.05) is 6.92 Å². The van der Waals surface area contributed by atoms with E-state index in [4.69, 9.17) is 4.74 Å². The van der Waals surface area contributed by atoms with Crippen LogP contribution in [0.4, 0.5) is 5.69 Å². The monoisotopic (exact) mass is 342 g/mol. The third kappa shape index (κ3) is 3.34. The summed E-state index contributed by atoms with van der Waals surface area (Å²) in [6.07, 6.45) is -0.102. The van der Waals surface area contributed by atoms with Crippen LogP contribution in [0, 0.1) is 10.1 Å². The molecule has 2 unspecified atom stereocenters. The first-order chi connectivity index (χ1) is 9.51. The molecule has 20 heavy (non-hydrogen) atoms.